The van der Waals surface area contributed by atoms with Crippen LogP contribution in [0.3, 0.4) is 0 Å². The van der Waals surface area contributed by atoms with E-state index in [0.29, 0.717) is 5.01 Å². The van der Waals surface area contributed by atoms with Gasteiger partial charge in [0.15, 0.2) is 0 Å². The second-order valence-electron chi connectivity index (χ2n) is 2.14. The molecule has 0 aromatic heterocycles. The van der Waals surface area contributed by atoms with Gasteiger partial charge in [-0.25, -0.2) is 4.79 Å². The number of carbonyl (C=O) groups is 3. The van der Waals surface area contributed by atoms with Crippen LogP contribution in [-0.2, 0) is 14.3 Å². The van der Waals surface area contributed by atoms with Gasteiger partial charge in [0.05, 0.1) is 6.61 Å². The molecule has 0 aromatic rings. The molecule has 66 valence electrons. The van der Waals surface area contributed by atoms with Gasteiger partial charge < -0.3 is 4.74 Å². The number of hydrogen-bond donors (Lipinski definition) is 1. The molecule has 0 spiro atoms. The normalized spacial score (nSPS) is 16.2. The van der Waals surface area contributed by atoms with E-state index < -0.39 is 17.9 Å². The van der Waals surface area contributed by atoms with Gasteiger partial charge in [0, 0.05) is 0 Å². The Labute approximate surface area is 68.4 Å². The molecule has 1 fully saturated rings. The summed E-state index contributed by atoms with van der Waals surface area (Å²) in [5.41, 5.74) is 2.06. The fourth-order valence-corrected chi connectivity index (χ4v) is 0.778. The topological polar surface area (TPSA) is 75.7 Å². The van der Waals surface area contributed by atoms with Gasteiger partial charge >= 0.3 is 6.09 Å². The third kappa shape index (κ3) is 1.52. The second kappa shape index (κ2) is 3.21. The first kappa shape index (κ1) is 8.51. The first-order valence-corrected chi connectivity index (χ1v) is 3.44. The molecule has 0 unspecified atom stereocenters. The lowest BCUT2D eigenvalue weighted by atomic mass is 10.4. The van der Waals surface area contributed by atoms with Gasteiger partial charge in [0.25, 0.3) is 5.91 Å². The smallest absolute Gasteiger partial charge is 0.436 e. The molecule has 1 rings (SSSR count). The van der Waals surface area contributed by atoms with E-state index in [9.17, 15) is 14.4 Å². The predicted molar refractivity (Wildman–Crippen MR) is 36.6 cm³/mol. The number of rotatable bonds is 1. The molecule has 1 heterocycles. The summed E-state index contributed by atoms with van der Waals surface area (Å²) in [6.45, 7) is 1.78. The minimum absolute atomic E-state index is 0.165. The van der Waals surface area contributed by atoms with Crippen molar-refractivity contribution in [2.45, 2.75) is 13.3 Å². The quantitative estimate of drug-likeness (QED) is 0.536. The Bertz CT molecular complexity index is 238. The molecular weight excluding hydrogens is 164 g/mol. The standard InChI is InChI=1S/C6H8N2O4/c1-2-12-6(11)8-5(10)3-4(9)7-8/h2-3H2,1H3,(H,7,9). The van der Waals surface area contributed by atoms with Gasteiger partial charge in [-0.1, -0.05) is 0 Å². The van der Waals surface area contributed by atoms with Crippen LogP contribution in [0.25, 0.3) is 0 Å². The molecule has 1 aliphatic rings. The maximum atomic E-state index is 10.9. The molecule has 12 heavy (non-hydrogen) atoms. The first-order valence-electron chi connectivity index (χ1n) is 3.44. The third-order valence-corrected chi connectivity index (χ3v) is 1.25. The molecule has 0 bridgehead atoms. The van der Waals surface area contributed by atoms with Gasteiger partial charge in [0.1, 0.15) is 6.42 Å². The third-order valence-electron chi connectivity index (χ3n) is 1.25. The number of imide groups is 1. The average molecular weight is 172 g/mol. The number of hydrogen-bond acceptors (Lipinski definition) is 4. The zero-order valence-corrected chi connectivity index (χ0v) is 6.49. The zero-order valence-electron chi connectivity index (χ0n) is 6.49. The van der Waals surface area contributed by atoms with Crippen LogP contribution in [-0.4, -0.2) is 29.5 Å². The summed E-state index contributed by atoms with van der Waals surface area (Å²) in [6, 6.07) is 0. The average Bonchev–Trinajstić information content (AvgIpc) is 2.30. The van der Waals surface area contributed by atoms with Crippen LogP contribution in [0.15, 0.2) is 0 Å². The summed E-state index contributed by atoms with van der Waals surface area (Å²) in [7, 11) is 0. The Morgan fingerprint density at radius 3 is 2.75 bits per heavy atom. The SMILES string of the molecule is CCOC(=O)N1NC(=O)CC1=O. The molecular formula is C6H8N2O4. The summed E-state index contributed by atoms with van der Waals surface area (Å²) in [5.74, 6) is -1.08. The first-order chi connectivity index (χ1) is 5.65. The highest BCUT2D eigenvalue weighted by atomic mass is 16.6. The minimum atomic E-state index is -0.839. The maximum Gasteiger partial charge on any atom is 0.436 e. The number of hydrazine groups is 1. The monoisotopic (exact) mass is 172 g/mol. The summed E-state index contributed by atoms with van der Waals surface area (Å²) in [5, 5.41) is 0.575. The van der Waals surface area contributed by atoms with Crippen molar-refractivity contribution in [2.24, 2.45) is 0 Å². The Morgan fingerprint density at radius 1 is 1.67 bits per heavy atom. The van der Waals surface area contributed by atoms with E-state index in [4.69, 9.17) is 0 Å². The van der Waals surface area contributed by atoms with Gasteiger partial charge in [-0.15, -0.1) is 0 Å². The molecule has 3 amide bonds. The van der Waals surface area contributed by atoms with Crippen molar-refractivity contribution in [3.63, 3.8) is 0 Å². The van der Waals surface area contributed by atoms with E-state index >= 15 is 0 Å². The number of carbonyl (C=O) groups excluding carboxylic acids is 3. The molecule has 0 aromatic carbocycles. The second-order valence-corrected chi connectivity index (χ2v) is 2.14. The van der Waals surface area contributed by atoms with Crippen LogP contribution in [0.5, 0.6) is 0 Å². The van der Waals surface area contributed by atoms with Crippen molar-refractivity contribution in [2.75, 3.05) is 6.61 Å². The van der Waals surface area contributed by atoms with E-state index in [-0.39, 0.29) is 13.0 Å². The lowest BCUT2D eigenvalue weighted by Crippen LogP contribution is -2.41. The van der Waals surface area contributed by atoms with Gasteiger partial charge in [-0.3, -0.25) is 15.0 Å². The number of nitrogens with zero attached hydrogens (tertiary/aromatic N) is 1. The largest absolute Gasteiger partial charge is 0.448 e. The Kier molecular flexibility index (Phi) is 2.27. The molecule has 6 heteroatoms. The number of ether oxygens (including phenoxy) is 1. The van der Waals surface area contributed by atoms with Crippen LogP contribution < -0.4 is 5.43 Å². The Hall–Kier alpha value is -1.59. The van der Waals surface area contributed by atoms with Crippen LogP contribution in [0.2, 0.25) is 0 Å². The highest BCUT2D eigenvalue weighted by Gasteiger charge is 2.32. The number of nitrogens with one attached hydrogen (secondary N) is 1. The van der Waals surface area contributed by atoms with Crippen LogP contribution in [0, 0.1) is 0 Å². The van der Waals surface area contributed by atoms with Crippen molar-refractivity contribution >= 4 is 17.9 Å². The highest BCUT2D eigenvalue weighted by Crippen LogP contribution is 2.02. The predicted octanol–water partition coefficient (Wildman–Crippen LogP) is -0.594. The van der Waals surface area contributed by atoms with Gasteiger partial charge in [-0.05, 0) is 6.92 Å². The molecule has 1 saturated heterocycles. The minimum Gasteiger partial charge on any atom is -0.448 e. The lowest BCUT2D eigenvalue weighted by molar-refractivity contribution is -0.127. The maximum absolute atomic E-state index is 10.9. The Morgan fingerprint density at radius 2 is 2.33 bits per heavy atom. The molecule has 0 saturated carbocycles. The van der Waals surface area contributed by atoms with Crippen LogP contribution in [0.4, 0.5) is 4.79 Å². The summed E-state index contributed by atoms with van der Waals surface area (Å²) >= 11 is 0. The zero-order chi connectivity index (χ0) is 9.14. The van der Waals surface area contributed by atoms with E-state index in [1.807, 2.05) is 0 Å². The molecule has 0 aliphatic carbocycles. The summed E-state index contributed by atoms with van der Waals surface area (Å²) in [6.07, 6.45) is -1.13. The van der Waals surface area contributed by atoms with Crippen LogP contribution >= 0.6 is 0 Å². The molecule has 6 nitrogen and oxygen atoms in total. The lowest BCUT2D eigenvalue weighted by Gasteiger charge is -2.11. The van der Waals surface area contributed by atoms with E-state index in [2.05, 4.69) is 10.2 Å². The van der Waals surface area contributed by atoms with Crippen molar-refractivity contribution in [3.05, 3.63) is 0 Å². The fourth-order valence-electron chi connectivity index (χ4n) is 0.778. The van der Waals surface area contributed by atoms with Crippen molar-refractivity contribution in [3.8, 4) is 0 Å². The van der Waals surface area contributed by atoms with E-state index in [0.717, 1.165) is 0 Å². The fraction of sp³-hybridized carbons (Fsp3) is 0.500. The molecule has 1 N–H and O–H groups in total. The molecule has 0 radical (unpaired) electrons. The van der Waals surface area contributed by atoms with Crippen molar-refractivity contribution in [1.29, 1.82) is 0 Å². The van der Waals surface area contributed by atoms with Crippen molar-refractivity contribution < 1.29 is 19.1 Å². The van der Waals surface area contributed by atoms with Gasteiger partial charge in [-0.2, -0.15) is 5.01 Å². The van der Waals surface area contributed by atoms with Crippen molar-refractivity contribution in [1.82, 2.24) is 10.4 Å². The summed E-state index contributed by atoms with van der Waals surface area (Å²) in [4.78, 5) is 32.3. The van der Waals surface area contributed by atoms with E-state index in [1.165, 1.54) is 0 Å². The molecule has 0 atom stereocenters. The Balaban J connectivity index is 2.58. The van der Waals surface area contributed by atoms with E-state index in [1.54, 1.807) is 6.92 Å². The molecule has 1 aliphatic heterocycles. The van der Waals surface area contributed by atoms with Crippen LogP contribution in [0.1, 0.15) is 13.3 Å². The highest BCUT2D eigenvalue weighted by molar-refractivity contribution is 6.08. The number of amides is 3. The summed E-state index contributed by atoms with van der Waals surface area (Å²) < 4.78 is 4.50. The van der Waals surface area contributed by atoms with Gasteiger partial charge in [0.2, 0.25) is 5.91 Å².